The zero-order chi connectivity index (χ0) is 16.1. The number of unbranched alkanes of at least 4 members (excludes halogenated alkanes) is 2. The Labute approximate surface area is 132 Å². The Bertz CT molecular complexity index is 370. The largest absolute Gasteiger partial charge is 0.466 e. The zero-order valence-corrected chi connectivity index (χ0v) is 13.6. The number of ketones is 1. The van der Waals surface area contributed by atoms with Crippen LogP contribution in [-0.2, 0) is 14.3 Å². The standard InChI is InChI=1S/C16H25ClO4/c1-3-5-6-10-14(17)15(19)11-8-7-9-13(18)12-16(20)21-4-2/h14-15,19H,3-7,9-10,12H2,1-2H3. The molecule has 0 radical (unpaired) electrons. The van der Waals surface area contributed by atoms with E-state index in [-0.39, 0.29) is 30.6 Å². The Morgan fingerprint density at radius 2 is 2.00 bits per heavy atom. The van der Waals surface area contributed by atoms with E-state index >= 15 is 0 Å². The second-order valence-electron chi connectivity index (χ2n) is 4.80. The smallest absolute Gasteiger partial charge is 0.313 e. The maximum absolute atomic E-state index is 11.4. The van der Waals surface area contributed by atoms with E-state index in [0.29, 0.717) is 6.42 Å². The van der Waals surface area contributed by atoms with E-state index in [2.05, 4.69) is 23.5 Å². The van der Waals surface area contributed by atoms with Crippen molar-refractivity contribution in [2.24, 2.45) is 0 Å². The molecule has 0 aliphatic rings. The molecule has 5 heteroatoms. The van der Waals surface area contributed by atoms with Crippen LogP contribution in [0.25, 0.3) is 0 Å². The summed E-state index contributed by atoms with van der Waals surface area (Å²) in [5, 5.41) is 9.36. The van der Waals surface area contributed by atoms with Gasteiger partial charge in [0.05, 0.1) is 12.0 Å². The van der Waals surface area contributed by atoms with Crippen LogP contribution in [-0.4, -0.2) is 34.9 Å². The van der Waals surface area contributed by atoms with Crippen molar-refractivity contribution in [3.05, 3.63) is 0 Å². The minimum atomic E-state index is -0.872. The lowest BCUT2D eigenvalue weighted by Gasteiger charge is -2.10. The fraction of sp³-hybridized carbons (Fsp3) is 0.750. The number of alkyl halides is 1. The van der Waals surface area contributed by atoms with Crippen molar-refractivity contribution < 1.29 is 19.4 Å². The number of aliphatic hydroxyl groups is 1. The summed E-state index contributed by atoms with van der Waals surface area (Å²) in [4.78, 5) is 22.5. The number of esters is 1. The van der Waals surface area contributed by atoms with Gasteiger partial charge in [-0.15, -0.1) is 17.5 Å². The molecule has 0 aromatic rings. The first-order valence-corrected chi connectivity index (χ1v) is 7.92. The molecule has 4 nitrogen and oxygen atoms in total. The van der Waals surface area contributed by atoms with Gasteiger partial charge in [0.2, 0.25) is 0 Å². The first kappa shape index (κ1) is 19.9. The molecule has 0 fully saturated rings. The normalized spacial score (nSPS) is 13.0. The number of carbonyl (C=O) groups excluding carboxylic acids is 2. The van der Waals surface area contributed by atoms with Crippen LogP contribution in [0.3, 0.4) is 0 Å². The van der Waals surface area contributed by atoms with Crippen LogP contribution in [0, 0.1) is 11.8 Å². The van der Waals surface area contributed by atoms with Crippen LogP contribution in [0.5, 0.6) is 0 Å². The molecule has 2 unspecified atom stereocenters. The van der Waals surface area contributed by atoms with Crippen LogP contribution in [0.1, 0.15) is 58.8 Å². The maximum Gasteiger partial charge on any atom is 0.313 e. The molecule has 0 aliphatic carbocycles. The molecule has 0 amide bonds. The third kappa shape index (κ3) is 11.3. The molecule has 120 valence electrons. The molecule has 0 aromatic heterocycles. The van der Waals surface area contributed by atoms with Gasteiger partial charge in [-0.3, -0.25) is 9.59 Å². The number of rotatable bonds is 10. The minimum absolute atomic E-state index is 0.182. The predicted octanol–water partition coefficient (Wildman–Crippen LogP) is 2.84. The number of Topliss-reactive ketones (excluding diaryl/α,β-unsaturated/α-hetero) is 1. The number of carbonyl (C=O) groups is 2. The van der Waals surface area contributed by atoms with Crippen molar-refractivity contribution in [3.8, 4) is 11.8 Å². The predicted molar refractivity (Wildman–Crippen MR) is 83.1 cm³/mol. The lowest BCUT2D eigenvalue weighted by molar-refractivity contribution is -0.145. The molecule has 0 aromatic carbocycles. The summed E-state index contributed by atoms with van der Waals surface area (Å²) in [5.41, 5.74) is 0. The quantitative estimate of drug-likeness (QED) is 0.221. The number of hydrogen-bond acceptors (Lipinski definition) is 4. The van der Waals surface area contributed by atoms with E-state index in [1.54, 1.807) is 6.92 Å². The van der Waals surface area contributed by atoms with Crippen LogP contribution in [0.2, 0.25) is 0 Å². The molecular weight excluding hydrogens is 292 g/mol. The van der Waals surface area contributed by atoms with Gasteiger partial charge in [0.15, 0.2) is 0 Å². The van der Waals surface area contributed by atoms with Crippen LogP contribution >= 0.6 is 11.6 Å². The number of halogens is 1. The first-order chi connectivity index (χ1) is 10.0. The van der Waals surface area contributed by atoms with Crippen molar-refractivity contribution in [2.75, 3.05) is 6.61 Å². The van der Waals surface area contributed by atoms with Gasteiger partial charge in [-0.1, -0.05) is 32.1 Å². The van der Waals surface area contributed by atoms with E-state index < -0.39 is 12.1 Å². The van der Waals surface area contributed by atoms with Gasteiger partial charge in [-0.2, -0.15) is 0 Å². The number of aliphatic hydroxyl groups excluding tert-OH is 1. The van der Waals surface area contributed by atoms with Gasteiger partial charge in [0, 0.05) is 12.8 Å². The summed E-state index contributed by atoms with van der Waals surface area (Å²) in [6.45, 7) is 4.07. The third-order valence-electron chi connectivity index (χ3n) is 2.85. The van der Waals surface area contributed by atoms with Gasteiger partial charge in [0.1, 0.15) is 18.3 Å². The molecule has 1 N–H and O–H groups in total. The van der Waals surface area contributed by atoms with Crippen molar-refractivity contribution in [3.63, 3.8) is 0 Å². The van der Waals surface area contributed by atoms with Gasteiger partial charge < -0.3 is 9.84 Å². The van der Waals surface area contributed by atoms with Crippen molar-refractivity contribution in [2.45, 2.75) is 70.3 Å². The Morgan fingerprint density at radius 1 is 1.29 bits per heavy atom. The Hall–Kier alpha value is -1.05. The van der Waals surface area contributed by atoms with E-state index in [0.717, 1.165) is 25.7 Å². The fourth-order valence-electron chi connectivity index (χ4n) is 1.68. The highest BCUT2D eigenvalue weighted by Gasteiger charge is 2.13. The molecule has 0 saturated carbocycles. The van der Waals surface area contributed by atoms with Crippen molar-refractivity contribution >= 4 is 23.4 Å². The zero-order valence-electron chi connectivity index (χ0n) is 12.9. The topological polar surface area (TPSA) is 63.6 Å². The van der Waals surface area contributed by atoms with Crippen molar-refractivity contribution in [1.29, 1.82) is 0 Å². The second kappa shape index (κ2) is 12.7. The van der Waals surface area contributed by atoms with E-state index in [1.165, 1.54) is 0 Å². The van der Waals surface area contributed by atoms with E-state index in [9.17, 15) is 14.7 Å². The molecule has 0 bridgehead atoms. The van der Waals surface area contributed by atoms with Crippen LogP contribution < -0.4 is 0 Å². The Kier molecular flexibility index (Phi) is 12.0. The molecule has 0 aliphatic heterocycles. The molecule has 2 atom stereocenters. The molecule has 21 heavy (non-hydrogen) atoms. The van der Waals surface area contributed by atoms with Crippen LogP contribution in [0.15, 0.2) is 0 Å². The number of hydrogen-bond donors (Lipinski definition) is 1. The first-order valence-electron chi connectivity index (χ1n) is 7.49. The summed E-state index contributed by atoms with van der Waals surface area (Å²) in [5.74, 6) is 4.67. The summed E-state index contributed by atoms with van der Waals surface area (Å²) >= 11 is 6.03. The fourth-order valence-corrected chi connectivity index (χ4v) is 1.89. The Morgan fingerprint density at radius 3 is 2.62 bits per heavy atom. The van der Waals surface area contributed by atoms with E-state index in [4.69, 9.17) is 11.6 Å². The van der Waals surface area contributed by atoms with Crippen molar-refractivity contribution in [1.82, 2.24) is 0 Å². The van der Waals surface area contributed by atoms with Gasteiger partial charge in [-0.05, 0) is 13.3 Å². The van der Waals surface area contributed by atoms with Gasteiger partial charge >= 0.3 is 5.97 Å². The highest BCUT2D eigenvalue weighted by molar-refractivity contribution is 6.21. The maximum atomic E-state index is 11.4. The average molecular weight is 317 g/mol. The number of ether oxygens (including phenoxy) is 1. The summed E-state index contributed by atoms with van der Waals surface area (Å²) in [6, 6.07) is 0. The minimum Gasteiger partial charge on any atom is -0.466 e. The Balaban J connectivity index is 3.90. The second-order valence-corrected chi connectivity index (χ2v) is 5.36. The summed E-state index contributed by atoms with van der Waals surface area (Å²) < 4.78 is 4.68. The molecule has 0 rings (SSSR count). The highest BCUT2D eigenvalue weighted by atomic mass is 35.5. The lowest BCUT2D eigenvalue weighted by atomic mass is 10.1. The summed E-state index contributed by atoms with van der Waals surface area (Å²) in [7, 11) is 0. The SMILES string of the molecule is CCCCCC(Cl)C(O)C#CCCC(=O)CC(=O)OCC. The average Bonchev–Trinajstić information content (AvgIpc) is 2.43. The van der Waals surface area contributed by atoms with E-state index in [1.807, 2.05) is 0 Å². The molecule has 0 heterocycles. The molecular formula is C16H25ClO4. The summed E-state index contributed by atoms with van der Waals surface area (Å²) in [6.07, 6.45) is 3.31. The lowest BCUT2D eigenvalue weighted by Crippen LogP contribution is -2.18. The molecule has 0 saturated heterocycles. The van der Waals surface area contributed by atoms with Crippen LogP contribution in [0.4, 0.5) is 0 Å². The van der Waals surface area contributed by atoms with Gasteiger partial charge in [0.25, 0.3) is 0 Å². The monoisotopic (exact) mass is 316 g/mol. The third-order valence-corrected chi connectivity index (χ3v) is 3.31. The van der Waals surface area contributed by atoms with Gasteiger partial charge in [-0.25, -0.2) is 0 Å². The molecule has 0 spiro atoms. The highest BCUT2D eigenvalue weighted by Crippen LogP contribution is 2.12.